The van der Waals surface area contributed by atoms with Gasteiger partial charge < -0.3 is 10.0 Å². The number of amides is 1. The molecule has 0 radical (unpaired) electrons. The summed E-state index contributed by atoms with van der Waals surface area (Å²) >= 11 is 0. The summed E-state index contributed by atoms with van der Waals surface area (Å²) < 4.78 is 1.09. The summed E-state index contributed by atoms with van der Waals surface area (Å²) in [5.41, 5.74) is 1.78. The Morgan fingerprint density at radius 3 is 2.52 bits per heavy atom. The van der Waals surface area contributed by atoms with Crippen molar-refractivity contribution in [3.63, 3.8) is 0 Å². The first-order chi connectivity index (χ1) is 11.9. The number of carboxylic acids is 1. The largest absolute Gasteiger partial charge is 0.481 e. The Balaban J connectivity index is 1.90. The molecule has 7 heteroatoms. The van der Waals surface area contributed by atoms with Gasteiger partial charge in [-0.05, 0) is 24.1 Å². The van der Waals surface area contributed by atoms with Crippen LogP contribution in [0.4, 0.5) is 0 Å². The van der Waals surface area contributed by atoms with E-state index in [0.29, 0.717) is 6.54 Å². The highest BCUT2D eigenvalue weighted by Crippen LogP contribution is 2.35. The topological polar surface area (TPSA) is 92.5 Å². The van der Waals surface area contributed by atoms with Gasteiger partial charge in [-0.15, -0.1) is 0 Å². The number of carbonyl (C=O) groups excluding carboxylic acids is 1. The van der Waals surface area contributed by atoms with Crippen LogP contribution in [0.2, 0.25) is 0 Å². The number of rotatable bonds is 3. The fourth-order valence-electron chi connectivity index (χ4n) is 3.32. The average molecular weight is 341 g/mol. The van der Waals surface area contributed by atoms with Crippen LogP contribution in [0, 0.1) is 12.8 Å². The Bertz CT molecular complexity index is 890. The Morgan fingerprint density at radius 1 is 1.16 bits per heavy atom. The van der Waals surface area contributed by atoms with E-state index < -0.39 is 11.9 Å². The van der Waals surface area contributed by atoms with Gasteiger partial charge >= 0.3 is 5.97 Å². The zero-order valence-electron chi connectivity index (χ0n) is 14.0. The molecule has 1 saturated heterocycles. The van der Waals surface area contributed by atoms with Crippen molar-refractivity contribution >= 4 is 11.9 Å². The quantitative estimate of drug-likeness (QED) is 0.900. The molecule has 25 heavy (non-hydrogen) atoms. The molecule has 2 atom stereocenters. The molecular formula is C18H19N3O4. The predicted octanol–water partition coefficient (Wildman–Crippen LogP) is 1.03. The van der Waals surface area contributed by atoms with Crippen LogP contribution < -0.4 is 5.56 Å². The van der Waals surface area contributed by atoms with E-state index in [1.165, 1.54) is 24.1 Å². The van der Waals surface area contributed by atoms with Gasteiger partial charge in [0.2, 0.25) is 0 Å². The van der Waals surface area contributed by atoms with Crippen LogP contribution in [-0.4, -0.2) is 44.8 Å². The van der Waals surface area contributed by atoms with Crippen molar-refractivity contribution in [2.75, 3.05) is 13.1 Å². The number of aryl methyl sites for hydroxylation is 2. The molecule has 1 aliphatic heterocycles. The molecule has 2 aromatic rings. The van der Waals surface area contributed by atoms with Gasteiger partial charge in [-0.2, -0.15) is 5.10 Å². The summed E-state index contributed by atoms with van der Waals surface area (Å²) in [5.74, 6) is -2.22. The number of aromatic nitrogens is 2. The minimum absolute atomic E-state index is 0.123. The highest BCUT2D eigenvalue weighted by molar-refractivity contribution is 5.93. The summed E-state index contributed by atoms with van der Waals surface area (Å²) in [7, 11) is 1.47. The number of benzene rings is 1. The molecule has 0 bridgehead atoms. The standard InChI is InChI=1S/C18H19N3O4/c1-11-5-3-4-6-12(11)13-9-21(10-14(13)18(24)25)17(23)15-7-8-16(22)20(2)19-15/h3-8,13-14H,9-10H2,1-2H3,(H,24,25)/t13-,14+/m1/s1. The van der Waals surface area contributed by atoms with E-state index in [1.807, 2.05) is 31.2 Å². The van der Waals surface area contributed by atoms with Gasteiger partial charge in [-0.25, -0.2) is 4.68 Å². The van der Waals surface area contributed by atoms with Crippen LogP contribution in [0.15, 0.2) is 41.2 Å². The van der Waals surface area contributed by atoms with Gasteiger partial charge in [-0.1, -0.05) is 24.3 Å². The maximum Gasteiger partial charge on any atom is 0.308 e. The van der Waals surface area contributed by atoms with Crippen LogP contribution in [-0.2, 0) is 11.8 Å². The molecule has 1 amide bonds. The first kappa shape index (κ1) is 16.9. The summed E-state index contributed by atoms with van der Waals surface area (Å²) in [6, 6.07) is 10.3. The summed E-state index contributed by atoms with van der Waals surface area (Å²) in [6.45, 7) is 2.37. The van der Waals surface area contributed by atoms with Crippen molar-refractivity contribution in [2.24, 2.45) is 13.0 Å². The molecule has 7 nitrogen and oxygen atoms in total. The predicted molar refractivity (Wildman–Crippen MR) is 90.4 cm³/mol. The zero-order valence-corrected chi connectivity index (χ0v) is 14.0. The fraction of sp³-hybridized carbons (Fsp3) is 0.333. The summed E-state index contributed by atoms with van der Waals surface area (Å²) in [4.78, 5) is 37.3. The average Bonchev–Trinajstić information content (AvgIpc) is 3.02. The third-order valence-electron chi connectivity index (χ3n) is 4.69. The molecule has 0 spiro atoms. The van der Waals surface area contributed by atoms with E-state index in [0.717, 1.165) is 15.8 Å². The minimum Gasteiger partial charge on any atom is -0.481 e. The van der Waals surface area contributed by atoms with Crippen molar-refractivity contribution in [2.45, 2.75) is 12.8 Å². The van der Waals surface area contributed by atoms with Crippen LogP contribution in [0.3, 0.4) is 0 Å². The van der Waals surface area contributed by atoms with E-state index in [4.69, 9.17) is 0 Å². The Morgan fingerprint density at radius 2 is 1.88 bits per heavy atom. The van der Waals surface area contributed by atoms with Gasteiger partial charge in [0.15, 0.2) is 0 Å². The maximum absolute atomic E-state index is 12.7. The third-order valence-corrected chi connectivity index (χ3v) is 4.69. The van der Waals surface area contributed by atoms with E-state index >= 15 is 0 Å². The molecule has 1 aromatic carbocycles. The van der Waals surface area contributed by atoms with Crippen LogP contribution in [0.25, 0.3) is 0 Å². The molecule has 0 aliphatic carbocycles. The SMILES string of the molecule is Cc1ccccc1[C@H]1CN(C(=O)c2ccc(=O)n(C)n2)C[C@@H]1C(=O)O. The van der Waals surface area contributed by atoms with E-state index in [-0.39, 0.29) is 29.6 Å². The third kappa shape index (κ3) is 3.17. The maximum atomic E-state index is 12.7. The number of nitrogens with zero attached hydrogens (tertiary/aromatic N) is 3. The van der Waals surface area contributed by atoms with E-state index in [2.05, 4.69) is 5.10 Å². The Labute approximate surface area is 144 Å². The van der Waals surface area contributed by atoms with Gasteiger partial charge in [-0.3, -0.25) is 14.4 Å². The lowest BCUT2D eigenvalue weighted by Gasteiger charge is -2.17. The van der Waals surface area contributed by atoms with Gasteiger partial charge in [0.05, 0.1) is 5.92 Å². The number of likely N-dealkylation sites (tertiary alicyclic amines) is 1. The second kappa shape index (κ2) is 6.51. The van der Waals surface area contributed by atoms with Crippen molar-refractivity contribution in [1.82, 2.24) is 14.7 Å². The number of hydrogen-bond acceptors (Lipinski definition) is 4. The molecule has 130 valence electrons. The molecule has 3 rings (SSSR count). The van der Waals surface area contributed by atoms with Crippen molar-refractivity contribution < 1.29 is 14.7 Å². The first-order valence-electron chi connectivity index (χ1n) is 8.00. The summed E-state index contributed by atoms with van der Waals surface area (Å²) in [6.07, 6.45) is 0. The van der Waals surface area contributed by atoms with Gasteiger partial charge in [0, 0.05) is 32.1 Å². The highest BCUT2D eigenvalue weighted by Gasteiger charge is 2.41. The minimum atomic E-state index is -0.919. The van der Waals surface area contributed by atoms with Crippen LogP contribution in [0.5, 0.6) is 0 Å². The second-order valence-corrected chi connectivity index (χ2v) is 6.30. The zero-order chi connectivity index (χ0) is 18.1. The molecule has 1 aromatic heterocycles. The smallest absolute Gasteiger partial charge is 0.308 e. The lowest BCUT2D eigenvalue weighted by atomic mass is 9.86. The van der Waals surface area contributed by atoms with Crippen LogP contribution in [0.1, 0.15) is 27.5 Å². The molecular weight excluding hydrogens is 322 g/mol. The van der Waals surface area contributed by atoms with Crippen LogP contribution >= 0.6 is 0 Å². The number of carboxylic acid groups (broad SMARTS) is 1. The molecule has 2 heterocycles. The van der Waals surface area contributed by atoms with E-state index in [9.17, 15) is 19.5 Å². The Kier molecular flexibility index (Phi) is 4.39. The fourth-order valence-corrected chi connectivity index (χ4v) is 3.32. The molecule has 0 unspecified atom stereocenters. The van der Waals surface area contributed by atoms with E-state index in [1.54, 1.807) is 0 Å². The normalized spacial score (nSPS) is 19.8. The monoisotopic (exact) mass is 341 g/mol. The van der Waals surface area contributed by atoms with Crippen molar-refractivity contribution in [3.8, 4) is 0 Å². The summed E-state index contributed by atoms with van der Waals surface area (Å²) in [5, 5.41) is 13.6. The molecule has 1 fully saturated rings. The number of hydrogen-bond donors (Lipinski definition) is 1. The van der Waals surface area contributed by atoms with Crippen molar-refractivity contribution in [3.05, 3.63) is 63.6 Å². The Hall–Kier alpha value is -2.96. The molecule has 0 saturated carbocycles. The lowest BCUT2D eigenvalue weighted by molar-refractivity contribution is -0.141. The van der Waals surface area contributed by atoms with Gasteiger partial charge in [0.25, 0.3) is 11.5 Å². The first-order valence-corrected chi connectivity index (χ1v) is 8.00. The van der Waals surface area contributed by atoms with Crippen molar-refractivity contribution in [1.29, 1.82) is 0 Å². The lowest BCUT2D eigenvalue weighted by Crippen LogP contribution is -2.32. The highest BCUT2D eigenvalue weighted by atomic mass is 16.4. The van der Waals surface area contributed by atoms with Gasteiger partial charge in [0.1, 0.15) is 5.69 Å². The number of aliphatic carboxylic acids is 1. The number of carbonyl (C=O) groups is 2. The molecule has 1 N–H and O–H groups in total. The molecule has 1 aliphatic rings. The second-order valence-electron chi connectivity index (χ2n) is 6.30.